The molecule has 1 atom stereocenters. The van der Waals surface area contributed by atoms with Crippen molar-refractivity contribution in [3.8, 4) is 0 Å². The molecule has 0 saturated heterocycles. The first-order valence-electron chi connectivity index (χ1n) is 6.06. The third kappa shape index (κ3) is 4.47. The third-order valence-corrected chi connectivity index (χ3v) is 2.70. The molecule has 0 spiro atoms. The molecule has 1 aromatic carbocycles. The van der Waals surface area contributed by atoms with Crippen molar-refractivity contribution in [2.24, 2.45) is 17.0 Å². The molecule has 0 aromatic heterocycles. The normalized spacial score (nSPS) is 13.2. The van der Waals surface area contributed by atoms with Gasteiger partial charge in [-0.25, -0.2) is 4.79 Å². The van der Waals surface area contributed by atoms with E-state index in [9.17, 15) is 4.79 Å². The molecule has 4 heteroatoms. The second kappa shape index (κ2) is 5.98. The predicted octanol–water partition coefficient (Wildman–Crippen LogP) is 1.56. The SMILES string of the molecule is CC(C)(C)Cc1ccccc1CC(N)C(=O)ON. The van der Waals surface area contributed by atoms with Crippen LogP contribution < -0.4 is 11.6 Å². The first kappa shape index (κ1) is 14.7. The van der Waals surface area contributed by atoms with E-state index in [0.29, 0.717) is 6.42 Å². The van der Waals surface area contributed by atoms with E-state index < -0.39 is 12.0 Å². The van der Waals surface area contributed by atoms with Gasteiger partial charge in [-0.05, 0) is 29.4 Å². The Labute approximate surface area is 108 Å². The van der Waals surface area contributed by atoms with Gasteiger partial charge in [-0.2, -0.15) is 5.90 Å². The molecule has 0 bridgehead atoms. The largest absolute Gasteiger partial charge is 0.372 e. The van der Waals surface area contributed by atoms with E-state index >= 15 is 0 Å². The number of benzene rings is 1. The van der Waals surface area contributed by atoms with Crippen molar-refractivity contribution in [2.45, 2.75) is 39.7 Å². The highest BCUT2D eigenvalue weighted by Crippen LogP contribution is 2.23. The van der Waals surface area contributed by atoms with Gasteiger partial charge in [0.1, 0.15) is 6.04 Å². The number of carbonyl (C=O) groups excluding carboxylic acids is 1. The molecule has 4 N–H and O–H groups in total. The summed E-state index contributed by atoms with van der Waals surface area (Å²) in [6, 6.07) is 7.29. The molecule has 0 fully saturated rings. The summed E-state index contributed by atoms with van der Waals surface area (Å²) in [5, 5.41) is 0. The Morgan fingerprint density at radius 3 is 2.33 bits per heavy atom. The maximum Gasteiger partial charge on any atom is 0.341 e. The van der Waals surface area contributed by atoms with Crippen LogP contribution in [0.1, 0.15) is 31.9 Å². The minimum absolute atomic E-state index is 0.189. The molecule has 0 saturated carbocycles. The van der Waals surface area contributed by atoms with Crippen LogP contribution in [0.3, 0.4) is 0 Å². The monoisotopic (exact) mass is 250 g/mol. The third-order valence-electron chi connectivity index (χ3n) is 2.70. The lowest BCUT2D eigenvalue weighted by Crippen LogP contribution is -2.36. The van der Waals surface area contributed by atoms with Gasteiger partial charge >= 0.3 is 5.97 Å². The number of carbonyl (C=O) groups is 1. The minimum atomic E-state index is -0.712. The molecule has 4 nitrogen and oxygen atoms in total. The first-order valence-corrected chi connectivity index (χ1v) is 6.06. The Morgan fingerprint density at radius 1 is 1.28 bits per heavy atom. The van der Waals surface area contributed by atoms with Crippen LogP contribution in [0.4, 0.5) is 0 Å². The predicted molar refractivity (Wildman–Crippen MR) is 71.6 cm³/mol. The van der Waals surface area contributed by atoms with E-state index in [1.54, 1.807) is 0 Å². The van der Waals surface area contributed by atoms with Crippen LogP contribution in [-0.4, -0.2) is 12.0 Å². The van der Waals surface area contributed by atoms with Gasteiger partial charge in [0.05, 0.1) is 0 Å². The Bertz CT molecular complexity index is 411. The summed E-state index contributed by atoms with van der Waals surface area (Å²) < 4.78 is 0. The Morgan fingerprint density at radius 2 is 1.83 bits per heavy atom. The quantitative estimate of drug-likeness (QED) is 0.795. The summed E-state index contributed by atoms with van der Waals surface area (Å²) in [6.07, 6.45) is 1.38. The summed E-state index contributed by atoms with van der Waals surface area (Å²) in [7, 11) is 0. The summed E-state index contributed by atoms with van der Waals surface area (Å²) in [5.74, 6) is 4.25. The van der Waals surface area contributed by atoms with Gasteiger partial charge in [-0.15, -0.1) is 0 Å². The highest BCUT2D eigenvalue weighted by atomic mass is 16.7. The first-order chi connectivity index (χ1) is 8.33. The second-order valence-corrected chi connectivity index (χ2v) is 5.75. The van der Waals surface area contributed by atoms with E-state index in [1.807, 2.05) is 18.2 Å². The fraction of sp³-hybridized carbons (Fsp3) is 0.500. The highest BCUT2D eigenvalue weighted by Gasteiger charge is 2.19. The molecule has 0 amide bonds. The van der Waals surface area contributed by atoms with Gasteiger partial charge in [0.15, 0.2) is 0 Å². The van der Waals surface area contributed by atoms with E-state index in [1.165, 1.54) is 5.56 Å². The molecule has 0 aliphatic carbocycles. The molecule has 1 aromatic rings. The van der Waals surface area contributed by atoms with Crippen LogP contribution in [0.25, 0.3) is 0 Å². The van der Waals surface area contributed by atoms with Crippen LogP contribution in [0.15, 0.2) is 24.3 Å². The molecule has 100 valence electrons. The number of hydrogen-bond donors (Lipinski definition) is 2. The Kier molecular flexibility index (Phi) is 4.87. The maximum absolute atomic E-state index is 11.2. The van der Waals surface area contributed by atoms with Crippen LogP contribution in [0.2, 0.25) is 0 Å². The van der Waals surface area contributed by atoms with Gasteiger partial charge in [0, 0.05) is 0 Å². The zero-order valence-electron chi connectivity index (χ0n) is 11.3. The van der Waals surface area contributed by atoms with Crippen LogP contribution in [-0.2, 0) is 22.5 Å². The highest BCUT2D eigenvalue weighted by molar-refractivity contribution is 5.75. The van der Waals surface area contributed by atoms with Crippen molar-refractivity contribution in [1.29, 1.82) is 0 Å². The molecule has 0 aliphatic rings. The zero-order valence-corrected chi connectivity index (χ0v) is 11.3. The topological polar surface area (TPSA) is 78.3 Å². The van der Waals surface area contributed by atoms with Crippen LogP contribution in [0, 0.1) is 5.41 Å². The van der Waals surface area contributed by atoms with Crippen molar-refractivity contribution in [3.05, 3.63) is 35.4 Å². The molecule has 0 aliphatic heterocycles. The average molecular weight is 250 g/mol. The number of rotatable bonds is 4. The smallest absolute Gasteiger partial charge is 0.341 e. The van der Waals surface area contributed by atoms with Crippen molar-refractivity contribution >= 4 is 5.97 Å². The van der Waals surface area contributed by atoms with E-state index in [4.69, 9.17) is 11.6 Å². The molecular weight excluding hydrogens is 228 g/mol. The molecule has 1 rings (SSSR count). The van der Waals surface area contributed by atoms with Crippen molar-refractivity contribution in [1.82, 2.24) is 0 Å². The summed E-state index contributed by atoms with van der Waals surface area (Å²) in [5.41, 5.74) is 8.21. The fourth-order valence-corrected chi connectivity index (χ4v) is 1.91. The van der Waals surface area contributed by atoms with E-state index in [0.717, 1.165) is 12.0 Å². The molecular formula is C14H22N2O2. The van der Waals surface area contributed by atoms with Crippen molar-refractivity contribution in [3.63, 3.8) is 0 Å². The molecule has 18 heavy (non-hydrogen) atoms. The summed E-state index contributed by atoms with van der Waals surface area (Å²) in [6.45, 7) is 6.54. The standard InChI is InChI=1S/C14H22N2O2/c1-14(2,3)9-11-7-5-4-6-10(11)8-12(15)13(17)18-16/h4-7,12H,8-9,15-16H2,1-3H3. The van der Waals surface area contributed by atoms with Gasteiger partial charge in [-0.3, -0.25) is 0 Å². The minimum Gasteiger partial charge on any atom is -0.372 e. The summed E-state index contributed by atoms with van der Waals surface area (Å²) >= 11 is 0. The number of nitrogens with two attached hydrogens (primary N) is 2. The molecule has 0 radical (unpaired) electrons. The fourth-order valence-electron chi connectivity index (χ4n) is 1.91. The van der Waals surface area contributed by atoms with Crippen LogP contribution in [0.5, 0.6) is 0 Å². The molecule has 0 heterocycles. The second-order valence-electron chi connectivity index (χ2n) is 5.75. The lowest BCUT2D eigenvalue weighted by atomic mass is 9.85. The average Bonchev–Trinajstić information content (AvgIpc) is 2.28. The number of hydrogen-bond acceptors (Lipinski definition) is 4. The Hall–Kier alpha value is -1.39. The molecule has 1 unspecified atom stereocenters. The zero-order chi connectivity index (χ0) is 13.8. The summed E-state index contributed by atoms with van der Waals surface area (Å²) in [4.78, 5) is 15.4. The lowest BCUT2D eigenvalue weighted by Gasteiger charge is -2.21. The van der Waals surface area contributed by atoms with Crippen molar-refractivity contribution < 1.29 is 9.63 Å². The maximum atomic E-state index is 11.2. The van der Waals surface area contributed by atoms with Gasteiger partial charge in [0.2, 0.25) is 0 Å². The van der Waals surface area contributed by atoms with Gasteiger partial charge in [-0.1, -0.05) is 45.0 Å². The van der Waals surface area contributed by atoms with Gasteiger partial charge < -0.3 is 10.6 Å². The van der Waals surface area contributed by atoms with Gasteiger partial charge in [0.25, 0.3) is 0 Å². The Balaban J connectivity index is 2.85. The van der Waals surface area contributed by atoms with E-state index in [2.05, 4.69) is 31.7 Å². The lowest BCUT2D eigenvalue weighted by molar-refractivity contribution is -0.145. The van der Waals surface area contributed by atoms with E-state index in [-0.39, 0.29) is 5.41 Å². The van der Waals surface area contributed by atoms with Crippen molar-refractivity contribution in [2.75, 3.05) is 0 Å². The van der Waals surface area contributed by atoms with Crippen LogP contribution >= 0.6 is 0 Å².